The Labute approximate surface area is 202 Å². The van der Waals surface area contributed by atoms with Crippen molar-refractivity contribution in [3.63, 3.8) is 0 Å². The molecule has 1 saturated heterocycles. The van der Waals surface area contributed by atoms with Crippen LogP contribution in [-0.2, 0) is 24.2 Å². The van der Waals surface area contributed by atoms with Gasteiger partial charge in [0.25, 0.3) is 0 Å². The Kier molecular flexibility index (Phi) is 9.42. The third-order valence-electron chi connectivity index (χ3n) is 5.87. The van der Waals surface area contributed by atoms with Crippen molar-refractivity contribution in [1.82, 2.24) is 10.2 Å². The van der Waals surface area contributed by atoms with Crippen LogP contribution in [0.15, 0.2) is 53.5 Å². The molecule has 0 spiro atoms. The summed E-state index contributed by atoms with van der Waals surface area (Å²) in [5.41, 5.74) is 11.4. The zero-order valence-electron chi connectivity index (χ0n) is 18.1. The van der Waals surface area contributed by atoms with E-state index in [0.717, 1.165) is 65.3 Å². The Morgan fingerprint density at radius 1 is 1.00 bits per heavy atom. The first-order valence-electron chi connectivity index (χ1n) is 11.0. The Bertz CT molecular complexity index is 836. The molecule has 6 nitrogen and oxygen atoms in total. The van der Waals surface area contributed by atoms with E-state index in [2.05, 4.69) is 68.6 Å². The summed E-state index contributed by atoms with van der Waals surface area (Å²) in [7, 11) is 0. The second-order valence-corrected chi connectivity index (χ2v) is 8.05. The molecule has 0 aromatic heterocycles. The first-order chi connectivity index (χ1) is 14.8. The van der Waals surface area contributed by atoms with Gasteiger partial charge in [-0.3, -0.25) is 4.90 Å². The number of fused-ring (bicyclic) bond motifs is 1. The van der Waals surface area contributed by atoms with Crippen LogP contribution >= 0.6 is 24.0 Å². The van der Waals surface area contributed by atoms with Crippen LogP contribution < -0.4 is 16.0 Å². The van der Waals surface area contributed by atoms with E-state index in [9.17, 15) is 0 Å². The quantitative estimate of drug-likeness (QED) is 0.236. The number of anilines is 1. The number of aliphatic imine (C=N–C) groups is 1. The average Bonchev–Trinajstić information content (AvgIpc) is 3.20. The van der Waals surface area contributed by atoms with Gasteiger partial charge < -0.3 is 20.7 Å². The van der Waals surface area contributed by atoms with Gasteiger partial charge in [0.1, 0.15) is 0 Å². The van der Waals surface area contributed by atoms with Crippen LogP contribution in [0.5, 0.6) is 0 Å². The molecule has 31 heavy (non-hydrogen) atoms. The van der Waals surface area contributed by atoms with Crippen molar-refractivity contribution < 1.29 is 4.74 Å². The fraction of sp³-hybridized carbons (Fsp3) is 0.458. The van der Waals surface area contributed by atoms with E-state index in [4.69, 9.17) is 10.5 Å². The normalized spacial score (nSPS) is 16.6. The van der Waals surface area contributed by atoms with E-state index in [-0.39, 0.29) is 24.0 Å². The van der Waals surface area contributed by atoms with Gasteiger partial charge in [0.15, 0.2) is 5.96 Å². The second-order valence-electron chi connectivity index (χ2n) is 8.05. The third-order valence-corrected chi connectivity index (χ3v) is 5.87. The summed E-state index contributed by atoms with van der Waals surface area (Å²) in [5, 5.41) is 3.22. The first-order valence-corrected chi connectivity index (χ1v) is 11.0. The number of hydrogen-bond acceptors (Lipinski definition) is 4. The van der Waals surface area contributed by atoms with Gasteiger partial charge in [-0.2, -0.15) is 0 Å². The molecule has 2 aliphatic heterocycles. The number of halogens is 1. The Morgan fingerprint density at radius 3 is 2.55 bits per heavy atom. The molecular weight excluding hydrogens is 501 g/mol. The number of hydrogen-bond donors (Lipinski definition) is 2. The minimum atomic E-state index is 0. The number of nitrogens with zero attached hydrogens (tertiary/aromatic N) is 3. The molecular formula is C24H34IN5O. The maximum Gasteiger partial charge on any atom is 0.188 e. The van der Waals surface area contributed by atoms with Crippen LogP contribution in [0.2, 0.25) is 0 Å². The fourth-order valence-electron chi connectivity index (χ4n) is 4.12. The molecule has 7 heteroatoms. The average molecular weight is 535 g/mol. The van der Waals surface area contributed by atoms with Crippen molar-refractivity contribution in [2.45, 2.75) is 25.9 Å². The minimum absolute atomic E-state index is 0. The highest BCUT2D eigenvalue weighted by Gasteiger charge is 2.18. The molecule has 0 radical (unpaired) electrons. The Balaban J connectivity index is 0.00000272. The van der Waals surface area contributed by atoms with Crippen LogP contribution in [0, 0.1) is 0 Å². The monoisotopic (exact) mass is 535 g/mol. The zero-order chi connectivity index (χ0) is 20.6. The number of morpholine rings is 1. The molecule has 2 aliphatic rings. The molecule has 2 aromatic rings. The summed E-state index contributed by atoms with van der Waals surface area (Å²) in [6.45, 7) is 8.34. The highest BCUT2D eigenvalue weighted by atomic mass is 127. The number of guanidine groups is 1. The third kappa shape index (κ3) is 7.08. The van der Waals surface area contributed by atoms with Gasteiger partial charge in [-0.05, 0) is 42.1 Å². The second kappa shape index (κ2) is 12.3. The molecule has 0 atom stereocenters. The number of ether oxygens (including phenoxy) is 1. The van der Waals surface area contributed by atoms with E-state index >= 15 is 0 Å². The molecule has 0 saturated carbocycles. The van der Waals surface area contributed by atoms with Gasteiger partial charge in [0.2, 0.25) is 0 Å². The number of nitrogens with two attached hydrogens (primary N) is 1. The number of benzene rings is 2. The summed E-state index contributed by atoms with van der Waals surface area (Å²) in [4.78, 5) is 9.37. The van der Waals surface area contributed by atoms with Gasteiger partial charge in [0, 0.05) is 38.4 Å². The van der Waals surface area contributed by atoms with Gasteiger partial charge >= 0.3 is 0 Å². The van der Waals surface area contributed by atoms with Crippen molar-refractivity contribution in [3.8, 4) is 0 Å². The van der Waals surface area contributed by atoms with Crippen LogP contribution in [0.3, 0.4) is 0 Å². The molecule has 2 heterocycles. The zero-order valence-corrected chi connectivity index (χ0v) is 20.5. The molecule has 0 bridgehead atoms. The summed E-state index contributed by atoms with van der Waals surface area (Å²) in [6, 6.07) is 17.4. The largest absolute Gasteiger partial charge is 0.379 e. The number of para-hydroxylation sites is 1. The lowest BCUT2D eigenvalue weighted by molar-refractivity contribution is 0.0376. The van der Waals surface area contributed by atoms with Crippen LogP contribution in [0.4, 0.5) is 5.69 Å². The van der Waals surface area contributed by atoms with Crippen LogP contribution in [0.1, 0.15) is 23.1 Å². The molecule has 0 amide bonds. The smallest absolute Gasteiger partial charge is 0.188 e. The maximum absolute atomic E-state index is 6.02. The standard InChI is InChI=1S/C24H33N5O.HI/c25-24(26-11-3-12-28-14-16-30-17-15-28)27-18-20-6-8-21(9-7-20)19-29-13-10-22-4-1-2-5-23(22)29;/h1-2,4-9H,3,10-19H2,(H3,25,26,27);1H. The lowest BCUT2D eigenvalue weighted by Gasteiger charge is -2.26. The highest BCUT2D eigenvalue weighted by molar-refractivity contribution is 14.0. The summed E-state index contributed by atoms with van der Waals surface area (Å²) in [6.07, 6.45) is 2.20. The molecule has 0 aliphatic carbocycles. The minimum Gasteiger partial charge on any atom is -0.379 e. The topological polar surface area (TPSA) is 66.1 Å². The number of rotatable bonds is 8. The van der Waals surface area contributed by atoms with Crippen LogP contribution in [0.25, 0.3) is 0 Å². The molecule has 0 unspecified atom stereocenters. The van der Waals surface area contributed by atoms with Crippen molar-refractivity contribution >= 4 is 35.6 Å². The predicted molar refractivity (Wildman–Crippen MR) is 138 cm³/mol. The fourth-order valence-corrected chi connectivity index (χ4v) is 4.12. The van der Waals surface area contributed by atoms with E-state index in [1.165, 1.54) is 22.4 Å². The summed E-state index contributed by atoms with van der Waals surface area (Å²) >= 11 is 0. The van der Waals surface area contributed by atoms with E-state index < -0.39 is 0 Å². The SMILES string of the molecule is I.NC(=NCc1ccc(CN2CCc3ccccc32)cc1)NCCCN1CCOCC1. The predicted octanol–water partition coefficient (Wildman–Crippen LogP) is 2.99. The summed E-state index contributed by atoms with van der Waals surface area (Å²) in [5.74, 6) is 0.523. The highest BCUT2D eigenvalue weighted by Crippen LogP contribution is 2.28. The van der Waals surface area contributed by atoms with Gasteiger partial charge in [0.05, 0.1) is 19.8 Å². The van der Waals surface area contributed by atoms with Gasteiger partial charge in [-0.25, -0.2) is 4.99 Å². The molecule has 3 N–H and O–H groups in total. The Morgan fingerprint density at radius 2 is 1.74 bits per heavy atom. The lowest BCUT2D eigenvalue weighted by Crippen LogP contribution is -2.39. The maximum atomic E-state index is 6.02. The lowest BCUT2D eigenvalue weighted by atomic mass is 10.1. The van der Waals surface area contributed by atoms with Crippen molar-refractivity contribution in [2.24, 2.45) is 10.7 Å². The van der Waals surface area contributed by atoms with Crippen molar-refractivity contribution in [1.29, 1.82) is 0 Å². The molecule has 168 valence electrons. The van der Waals surface area contributed by atoms with Gasteiger partial charge in [-0.1, -0.05) is 42.5 Å². The molecule has 4 rings (SSSR count). The molecule has 1 fully saturated rings. The van der Waals surface area contributed by atoms with Crippen molar-refractivity contribution in [3.05, 3.63) is 65.2 Å². The van der Waals surface area contributed by atoms with Crippen molar-refractivity contribution in [2.75, 3.05) is 50.8 Å². The van der Waals surface area contributed by atoms with Crippen LogP contribution in [-0.4, -0.2) is 56.8 Å². The molecule has 2 aromatic carbocycles. The van der Waals surface area contributed by atoms with E-state index in [0.29, 0.717) is 12.5 Å². The van der Waals surface area contributed by atoms with E-state index in [1.54, 1.807) is 0 Å². The Hall–Kier alpha value is -1.84. The summed E-state index contributed by atoms with van der Waals surface area (Å²) < 4.78 is 5.37. The van der Waals surface area contributed by atoms with Gasteiger partial charge in [-0.15, -0.1) is 24.0 Å². The van der Waals surface area contributed by atoms with E-state index in [1.807, 2.05) is 0 Å². The number of nitrogens with one attached hydrogen (secondary N) is 1. The first kappa shape index (κ1) is 23.8.